The average molecular weight is 343 g/mol. The number of carbonyl (C=O) groups excluding carboxylic acids is 2. The minimum absolute atomic E-state index is 0.398. The Morgan fingerprint density at radius 2 is 1.62 bits per heavy atom. The minimum atomic E-state index is -1.12. The van der Waals surface area contributed by atoms with Crippen LogP contribution in [0.15, 0.2) is 77.9 Å². The van der Waals surface area contributed by atoms with Crippen molar-refractivity contribution >= 4 is 28.9 Å². The number of fused-ring (bicyclic) bond motifs is 1. The molecule has 1 heterocycles. The van der Waals surface area contributed by atoms with E-state index in [0.29, 0.717) is 0 Å². The molecule has 0 aromatic heterocycles. The minimum Gasteiger partial charge on any atom is -0.318 e. The number of urea groups is 1. The van der Waals surface area contributed by atoms with E-state index in [0.717, 1.165) is 26.9 Å². The van der Waals surface area contributed by atoms with E-state index in [1.165, 1.54) is 0 Å². The van der Waals surface area contributed by atoms with Crippen LogP contribution in [-0.2, 0) is 10.3 Å². The Morgan fingerprint density at radius 3 is 2.42 bits per heavy atom. The first kappa shape index (κ1) is 16.0. The molecule has 26 heavy (non-hydrogen) atoms. The zero-order valence-corrected chi connectivity index (χ0v) is 14.2. The molecule has 0 bridgehead atoms. The van der Waals surface area contributed by atoms with Gasteiger partial charge in [-0.15, -0.1) is 5.01 Å². The first-order chi connectivity index (χ1) is 12.6. The van der Waals surface area contributed by atoms with Crippen molar-refractivity contribution < 1.29 is 9.59 Å². The number of carbonyl (C=O) groups is 2. The summed E-state index contributed by atoms with van der Waals surface area (Å²) in [6.45, 7) is 1.69. The third-order valence-electron chi connectivity index (χ3n) is 4.66. The summed E-state index contributed by atoms with van der Waals surface area (Å²) in [5.74, 6) is -0.398. The predicted octanol–water partition coefficient (Wildman–Crippen LogP) is 3.64. The quantitative estimate of drug-likeness (QED) is 0.583. The van der Waals surface area contributed by atoms with Crippen molar-refractivity contribution in [2.24, 2.45) is 5.10 Å². The predicted molar refractivity (Wildman–Crippen MR) is 101 cm³/mol. The highest BCUT2D eigenvalue weighted by molar-refractivity contribution is 6.08. The number of nitrogens with zero attached hydrogens (tertiary/aromatic N) is 2. The van der Waals surface area contributed by atoms with Gasteiger partial charge in [0.05, 0.1) is 6.21 Å². The molecule has 0 saturated carbocycles. The maximum Gasteiger partial charge on any atom is 0.346 e. The van der Waals surface area contributed by atoms with E-state index in [9.17, 15) is 9.59 Å². The van der Waals surface area contributed by atoms with Gasteiger partial charge in [0.25, 0.3) is 5.91 Å². The van der Waals surface area contributed by atoms with Crippen LogP contribution in [0.5, 0.6) is 0 Å². The van der Waals surface area contributed by atoms with Crippen LogP contribution < -0.4 is 5.32 Å². The van der Waals surface area contributed by atoms with Crippen LogP contribution in [-0.4, -0.2) is 23.2 Å². The molecule has 1 atom stereocenters. The summed E-state index contributed by atoms with van der Waals surface area (Å²) in [5.41, 5.74) is 0.451. The van der Waals surface area contributed by atoms with Crippen molar-refractivity contribution in [1.29, 1.82) is 0 Å². The van der Waals surface area contributed by atoms with Crippen LogP contribution in [0.4, 0.5) is 4.79 Å². The molecule has 3 aromatic rings. The number of amides is 3. The second kappa shape index (κ2) is 6.11. The summed E-state index contributed by atoms with van der Waals surface area (Å²) in [5, 5.41) is 9.90. The van der Waals surface area contributed by atoms with E-state index >= 15 is 0 Å². The normalized spacial score (nSPS) is 20.1. The Bertz CT molecular complexity index is 1020. The number of imide groups is 1. The lowest BCUT2D eigenvalue weighted by Gasteiger charge is -2.20. The van der Waals surface area contributed by atoms with E-state index in [-0.39, 0.29) is 0 Å². The molecule has 0 aliphatic carbocycles. The molecule has 1 saturated heterocycles. The topological polar surface area (TPSA) is 61.8 Å². The summed E-state index contributed by atoms with van der Waals surface area (Å²) >= 11 is 0. The second-order valence-electron chi connectivity index (χ2n) is 6.35. The molecule has 0 spiro atoms. The maximum absolute atomic E-state index is 12.9. The highest BCUT2D eigenvalue weighted by atomic mass is 16.2. The summed E-state index contributed by atoms with van der Waals surface area (Å²) in [7, 11) is 0. The highest BCUT2D eigenvalue weighted by Gasteiger charge is 2.49. The van der Waals surface area contributed by atoms with Crippen molar-refractivity contribution in [2.45, 2.75) is 12.5 Å². The SMILES string of the molecule is C[C@@]1(c2ccccc2)NC(=O)N(/N=C\c2cccc3ccccc23)C1=O. The molecular weight excluding hydrogens is 326 g/mol. The lowest BCUT2D eigenvalue weighted by Crippen LogP contribution is -2.40. The van der Waals surface area contributed by atoms with Crippen molar-refractivity contribution in [1.82, 2.24) is 10.3 Å². The Morgan fingerprint density at radius 1 is 0.923 bits per heavy atom. The summed E-state index contributed by atoms with van der Waals surface area (Å²) < 4.78 is 0. The molecule has 0 unspecified atom stereocenters. The first-order valence-electron chi connectivity index (χ1n) is 8.33. The fraction of sp³-hybridized carbons (Fsp3) is 0.0952. The molecule has 3 aromatic carbocycles. The van der Waals surface area contributed by atoms with Crippen LogP contribution >= 0.6 is 0 Å². The average Bonchev–Trinajstić information content (AvgIpc) is 2.90. The fourth-order valence-corrected chi connectivity index (χ4v) is 3.18. The van der Waals surface area contributed by atoms with Crippen molar-refractivity contribution in [3.05, 3.63) is 83.9 Å². The molecule has 5 heteroatoms. The number of benzene rings is 3. The zero-order chi connectivity index (χ0) is 18.1. The number of rotatable bonds is 3. The summed E-state index contributed by atoms with van der Waals surface area (Å²) in [4.78, 5) is 25.2. The van der Waals surface area contributed by atoms with Crippen LogP contribution in [0.3, 0.4) is 0 Å². The second-order valence-corrected chi connectivity index (χ2v) is 6.35. The largest absolute Gasteiger partial charge is 0.346 e. The van der Waals surface area contributed by atoms with Gasteiger partial charge in [-0.3, -0.25) is 4.79 Å². The van der Waals surface area contributed by atoms with Crippen molar-refractivity contribution in [3.8, 4) is 0 Å². The van der Waals surface area contributed by atoms with E-state index in [4.69, 9.17) is 0 Å². The molecule has 0 radical (unpaired) electrons. The van der Waals surface area contributed by atoms with E-state index in [2.05, 4.69) is 10.4 Å². The molecule has 3 amide bonds. The third-order valence-corrected chi connectivity index (χ3v) is 4.66. The van der Waals surface area contributed by atoms with E-state index < -0.39 is 17.5 Å². The van der Waals surface area contributed by atoms with Gasteiger partial charge in [0.1, 0.15) is 5.54 Å². The Labute approximate surface area is 150 Å². The van der Waals surface area contributed by atoms with Gasteiger partial charge in [-0.2, -0.15) is 5.10 Å². The fourth-order valence-electron chi connectivity index (χ4n) is 3.18. The Balaban J connectivity index is 1.67. The van der Waals surface area contributed by atoms with Gasteiger partial charge < -0.3 is 5.32 Å². The van der Waals surface area contributed by atoms with Crippen LogP contribution in [0.1, 0.15) is 18.1 Å². The molecule has 128 valence electrons. The van der Waals surface area contributed by atoms with Gasteiger partial charge in [-0.05, 0) is 23.3 Å². The number of hydrogen-bond donors (Lipinski definition) is 1. The van der Waals surface area contributed by atoms with Gasteiger partial charge in [-0.1, -0.05) is 72.8 Å². The van der Waals surface area contributed by atoms with Gasteiger partial charge >= 0.3 is 6.03 Å². The smallest absolute Gasteiger partial charge is 0.318 e. The molecule has 4 rings (SSSR count). The van der Waals surface area contributed by atoms with Gasteiger partial charge in [0.2, 0.25) is 0 Å². The number of hydrogen-bond acceptors (Lipinski definition) is 3. The molecule has 1 N–H and O–H groups in total. The monoisotopic (exact) mass is 343 g/mol. The van der Waals surface area contributed by atoms with E-state index in [1.54, 1.807) is 13.1 Å². The summed E-state index contributed by atoms with van der Waals surface area (Å²) in [6.07, 6.45) is 1.55. The van der Waals surface area contributed by atoms with Crippen LogP contribution in [0.25, 0.3) is 10.8 Å². The molecular formula is C21H17N3O2. The van der Waals surface area contributed by atoms with Gasteiger partial charge in [0, 0.05) is 5.56 Å². The molecule has 1 aliphatic rings. The third kappa shape index (κ3) is 2.54. The van der Waals surface area contributed by atoms with Gasteiger partial charge in [-0.25, -0.2) is 4.79 Å². The van der Waals surface area contributed by atoms with E-state index in [1.807, 2.05) is 72.8 Å². The number of nitrogens with one attached hydrogen (secondary N) is 1. The maximum atomic E-state index is 12.9. The Hall–Kier alpha value is -3.47. The van der Waals surface area contributed by atoms with Crippen LogP contribution in [0.2, 0.25) is 0 Å². The van der Waals surface area contributed by atoms with Crippen molar-refractivity contribution in [2.75, 3.05) is 0 Å². The molecule has 1 fully saturated rings. The lowest BCUT2D eigenvalue weighted by atomic mass is 9.92. The zero-order valence-electron chi connectivity index (χ0n) is 14.2. The highest BCUT2D eigenvalue weighted by Crippen LogP contribution is 2.28. The summed E-state index contributed by atoms with van der Waals surface area (Å²) in [6, 6.07) is 22.4. The first-order valence-corrected chi connectivity index (χ1v) is 8.33. The van der Waals surface area contributed by atoms with Crippen LogP contribution in [0, 0.1) is 0 Å². The lowest BCUT2D eigenvalue weighted by molar-refractivity contribution is -0.131. The Kier molecular flexibility index (Phi) is 3.77. The number of hydrazone groups is 1. The van der Waals surface area contributed by atoms with Gasteiger partial charge in [0.15, 0.2) is 0 Å². The standard InChI is InChI=1S/C21H17N3O2/c1-21(17-11-3-2-4-12-17)19(25)24(20(26)23-21)22-14-16-10-7-9-15-8-5-6-13-18(15)16/h2-14H,1H3,(H,23,26)/b22-14-/t21-/m0/s1. The molecule has 1 aliphatic heterocycles. The molecule has 5 nitrogen and oxygen atoms in total. The van der Waals surface area contributed by atoms with Crippen molar-refractivity contribution in [3.63, 3.8) is 0 Å².